The second kappa shape index (κ2) is 4.46. The van der Waals surface area contributed by atoms with Crippen LogP contribution in [-0.2, 0) is 4.74 Å². The van der Waals surface area contributed by atoms with Crippen molar-refractivity contribution in [3.05, 3.63) is 41.2 Å². The molecule has 0 N–H and O–H groups in total. The molecule has 0 spiro atoms. The molecule has 0 aliphatic carbocycles. The fraction of sp³-hybridized carbons (Fsp3) is 0.167. The monoisotopic (exact) mass is 327 g/mol. The average molecular weight is 327 g/mol. The highest BCUT2D eigenvalue weighted by molar-refractivity contribution is 8.45. The van der Waals surface area contributed by atoms with Crippen LogP contribution >= 0.6 is 10.2 Å². The highest BCUT2D eigenvalue weighted by Gasteiger charge is 2.66. The van der Waals surface area contributed by atoms with E-state index in [1.54, 1.807) is 6.07 Å². The maximum absolute atomic E-state index is 12.8. The molecule has 0 radical (unpaired) electrons. The molecule has 0 unspecified atom stereocenters. The molecule has 0 amide bonds. The number of nitrogens with zero attached hydrogens (tertiary/aromatic N) is 1. The highest BCUT2D eigenvalue weighted by Crippen LogP contribution is 3.02. The van der Waals surface area contributed by atoms with E-state index in [1.165, 1.54) is 6.92 Å². The van der Waals surface area contributed by atoms with Gasteiger partial charge in [0.15, 0.2) is 0 Å². The van der Waals surface area contributed by atoms with Crippen molar-refractivity contribution in [2.75, 3.05) is 0 Å². The number of ether oxygens (including phenoxy) is 1. The molecule has 3 nitrogen and oxygen atoms in total. The molecule has 0 aromatic heterocycles. The Bertz CT molecular complexity index is 673. The van der Waals surface area contributed by atoms with Gasteiger partial charge < -0.3 is 4.74 Å². The molecular weight excluding hydrogens is 317 g/mol. The van der Waals surface area contributed by atoms with Gasteiger partial charge in [0, 0.05) is 0 Å². The maximum Gasteiger partial charge on any atom is 0.343 e. The first-order valence-electron chi connectivity index (χ1n) is 5.38. The van der Waals surface area contributed by atoms with E-state index in [0.717, 1.165) is 25.1 Å². The lowest BCUT2D eigenvalue weighted by molar-refractivity contribution is 0.0626. The minimum absolute atomic E-state index is 0.0544. The Morgan fingerprint density at radius 3 is 2.33 bits per heavy atom. The fourth-order valence-corrected chi connectivity index (χ4v) is 2.49. The summed E-state index contributed by atoms with van der Waals surface area (Å²) in [5, 5.41) is 8.31. The van der Waals surface area contributed by atoms with E-state index in [0.29, 0.717) is 0 Å². The zero-order valence-electron chi connectivity index (χ0n) is 10.9. The molecule has 0 aliphatic heterocycles. The van der Waals surface area contributed by atoms with Gasteiger partial charge in [-0.2, -0.15) is 5.26 Å². The molecule has 9 heteroatoms. The van der Waals surface area contributed by atoms with E-state index >= 15 is 0 Å². The lowest BCUT2D eigenvalue weighted by Gasteiger charge is -2.41. The summed E-state index contributed by atoms with van der Waals surface area (Å²) in [4.78, 5) is 9.42. The van der Waals surface area contributed by atoms with E-state index in [-0.39, 0.29) is 11.8 Å². The fourth-order valence-electron chi connectivity index (χ4n) is 1.47. The van der Waals surface area contributed by atoms with Gasteiger partial charge in [-0.15, -0.1) is 0 Å². The minimum Gasteiger partial charge on any atom is -0.427 e. The number of carbonyl (C=O) groups excluding carboxylic acids is 1. The van der Waals surface area contributed by atoms with Gasteiger partial charge in [-0.1, -0.05) is 25.5 Å². The van der Waals surface area contributed by atoms with E-state index < -0.39 is 32.2 Å². The van der Waals surface area contributed by atoms with Crippen LogP contribution in [0.5, 0.6) is 0 Å². The number of aryl methyl sites for hydroxylation is 1. The van der Waals surface area contributed by atoms with Crippen molar-refractivity contribution in [3.8, 4) is 6.07 Å². The number of carbonyl (C=O) groups is 1. The Balaban J connectivity index is 3.31. The standard InChI is InChI=1S/C12H10F5NO2S/c1-8-3-4-10(12(19)20-9(2)5-6-18)7-11(8)21(13,14,15,16)17/h3-5,7H,1-2H3/b9-5-. The number of esters is 1. The quantitative estimate of drug-likeness (QED) is 0.330. The van der Waals surface area contributed by atoms with Crippen LogP contribution in [0.1, 0.15) is 22.8 Å². The van der Waals surface area contributed by atoms with Crippen molar-refractivity contribution in [1.29, 1.82) is 5.26 Å². The first kappa shape index (κ1) is 17.0. The molecule has 0 saturated heterocycles. The Hall–Kier alpha value is -2.08. The van der Waals surface area contributed by atoms with Crippen LogP contribution in [-0.4, -0.2) is 5.97 Å². The molecule has 0 saturated carbocycles. The number of hydrogen-bond acceptors (Lipinski definition) is 3. The SMILES string of the molecule is C/C(=C/C#N)OC(=O)c1ccc(C)c(S(F)(F)(F)(F)F)c1. The van der Waals surface area contributed by atoms with Crippen molar-refractivity contribution in [2.24, 2.45) is 0 Å². The molecule has 116 valence electrons. The smallest absolute Gasteiger partial charge is 0.343 e. The number of rotatable bonds is 3. The van der Waals surface area contributed by atoms with Gasteiger partial charge in [0.25, 0.3) is 0 Å². The highest BCUT2D eigenvalue weighted by atomic mass is 32.5. The van der Waals surface area contributed by atoms with Gasteiger partial charge in [0.1, 0.15) is 10.7 Å². The molecule has 1 aromatic carbocycles. The second-order valence-corrected chi connectivity index (χ2v) is 6.60. The summed E-state index contributed by atoms with van der Waals surface area (Å²) in [6.45, 7) is 2.09. The van der Waals surface area contributed by atoms with E-state index in [2.05, 4.69) is 4.74 Å². The number of hydrogen-bond donors (Lipinski definition) is 0. The lowest BCUT2D eigenvalue weighted by Crippen LogP contribution is -2.11. The van der Waals surface area contributed by atoms with E-state index in [1.807, 2.05) is 0 Å². The zero-order chi connectivity index (χ0) is 16.5. The van der Waals surface area contributed by atoms with E-state index in [9.17, 15) is 24.2 Å². The summed E-state index contributed by atoms with van der Waals surface area (Å²) in [5.74, 6) is -1.43. The number of nitriles is 1. The molecule has 0 fully saturated rings. The Labute approximate surface area is 117 Å². The summed E-state index contributed by atoms with van der Waals surface area (Å²) in [6.07, 6.45) is 0.845. The summed E-state index contributed by atoms with van der Waals surface area (Å²) in [5.41, 5.74) is -1.38. The first-order chi connectivity index (χ1) is 9.24. The molecule has 1 rings (SSSR count). The zero-order valence-corrected chi connectivity index (χ0v) is 11.7. The summed E-state index contributed by atoms with van der Waals surface area (Å²) >= 11 is 0. The Morgan fingerprint density at radius 1 is 1.29 bits per heavy atom. The predicted octanol–water partition coefficient (Wildman–Crippen LogP) is 5.24. The van der Waals surface area contributed by atoms with Crippen LogP contribution in [0.25, 0.3) is 0 Å². The molecular formula is C12H10F5NO2S. The van der Waals surface area contributed by atoms with E-state index in [4.69, 9.17) is 5.26 Å². The second-order valence-electron chi connectivity index (χ2n) is 4.22. The molecule has 0 bridgehead atoms. The largest absolute Gasteiger partial charge is 0.427 e. The van der Waals surface area contributed by atoms with Crippen molar-refractivity contribution in [1.82, 2.24) is 0 Å². The van der Waals surface area contributed by atoms with Gasteiger partial charge in [-0.3, -0.25) is 0 Å². The van der Waals surface area contributed by atoms with Crippen molar-refractivity contribution >= 4 is 16.2 Å². The predicted molar refractivity (Wildman–Crippen MR) is 67.4 cm³/mol. The normalized spacial score (nSPS) is 15.6. The first-order valence-corrected chi connectivity index (χ1v) is 7.33. The lowest BCUT2D eigenvalue weighted by atomic mass is 10.1. The van der Waals surface area contributed by atoms with Crippen molar-refractivity contribution in [2.45, 2.75) is 18.7 Å². The van der Waals surface area contributed by atoms with Crippen LogP contribution in [0.2, 0.25) is 0 Å². The van der Waals surface area contributed by atoms with Gasteiger partial charge >= 0.3 is 16.2 Å². The third kappa shape index (κ3) is 4.46. The van der Waals surface area contributed by atoms with Crippen LogP contribution in [0.4, 0.5) is 19.4 Å². The molecule has 1 aromatic rings. The van der Waals surface area contributed by atoms with Gasteiger partial charge in [0.05, 0.1) is 17.7 Å². The van der Waals surface area contributed by atoms with Crippen molar-refractivity contribution in [3.63, 3.8) is 0 Å². The molecule has 0 atom stereocenters. The van der Waals surface area contributed by atoms with Gasteiger partial charge in [-0.05, 0) is 31.5 Å². The van der Waals surface area contributed by atoms with Gasteiger partial charge in [-0.25, -0.2) is 4.79 Å². The average Bonchev–Trinajstić information content (AvgIpc) is 2.26. The summed E-state index contributed by atoms with van der Waals surface area (Å²) in [7, 11) is -9.90. The number of halogens is 5. The van der Waals surface area contributed by atoms with Gasteiger partial charge in [0.2, 0.25) is 0 Å². The van der Waals surface area contributed by atoms with Crippen LogP contribution in [0.15, 0.2) is 34.9 Å². The summed E-state index contributed by atoms with van der Waals surface area (Å²) in [6, 6.07) is 3.29. The number of allylic oxidation sites excluding steroid dienone is 2. The Morgan fingerprint density at radius 2 is 1.86 bits per heavy atom. The molecule has 0 heterocycles. The Kier molecular flexibility index (Phi) is 3.60. The molecule has 0 aliphatic rings. The summed E-state index contributed by atoms with van der Waals surface area (Å²) < 4.78 is 68.7. The number of benzene rings is 1. The topological polar surface area (TPSA) is 50.1 Å². The van der Waals surface area contributed by atoms with Crippen LogP contribution in [0, 0.1) is 18.3 Å². The third-order valence-corrected chi connectivity index (χ3v) is 3.63. The molecule has 21 heavy (non-hydrogen) atoms. The van der Waals surface area contributed by atoms with Crippen LogP contribution < -0.4 is 0 Å². The van der Waals surface area contributed by atoms with Crippen LogP contribution in [0.3, 0.4) is 0 Å². The minimum atomic E-state index is -9.90. The third-order valence-electron chi connectivity index (χ3n) is 2.36. The van der Waals surface area contributed by atoms with Crippen molar-refractivity contribution < 1.29 is 29.0 Å². The maximum atomic E-state index is 12.8.